The number of carbonyl (C=O) groups excluding carboxylic acids is 1. The highest BCUT2D eigenvalue weighted by atomic mass is 16.2. The summed E-state index contributed by atoms with van der Waals surface area (Å²) in [5.74, 6) is 0.307. The first kappa shape index (κ1) is 24.0. The minimum Gasteiger partial charge on any atom is -0.375 e. The van der Waals surface area contributed by atoms with E-state index in [1.165, 1.54) is 4.68 Å². The predicted molar refractivity (Wildman–Crippen MR) is 141 cm³/mol. The maximum absolute atomic E-state index is 13.6. The fourth-order valence-corrected chi connectivity index (χ4v) is 5.46. The molecular weight excluding hydrogens is 452 g/mol. The van der Waals surface area contributed by atoms with Gasteiger partial charge >= 0.3 is 0 Å². The van der Waals surface area contributed by atoms with Crippen LogP contribution in [0.5, 0.6) is 0 Å². The van der Waals surface area contributed by atoms with Gasteiger partial charge in [0, 0.05) is 51.0 Å². The summed E-state index contributed by atoms with van der Waals surface area (Å²) in [7, 11) is 0. The van der Waals surface area contributed by atoms with Gasteiger partial charge in [-0.05, 0) is 34.6 Å². The summed E-state index contributed by atoms with van der Waals surface area (Å²) < 4.78 is 1.42. The lowest BCUT2D eigenvalue weighted by Crippen LogP contribution is -2.50. The number of amides is 1. The van der Waals surface area contributed by atoms with Crippen LogP contribution in [0.15, 0.2) is 65.8 Å². The number of piperazine rings is 1. The second-order valence-corrected chi connectivity index (χ2v) is 10.9. The van der Waals surface area contributed by atoms with Crippen LogP contribution in [0.1, 0.15) is 33.3 Å². The summed E-state index contributed by atoms with van der Waals surface area (Å²) >= 11 is 0. The van der Waals surface area contributed by atoms with Gasteiger partial charge in [-0.1, -0.05) is 52.0 Å². The van der Waals surface area contributed by atoms with E-state index in [1.807, 2.05) is 47.4 Å². The summed E-state index contributed by atoms with van der Waals surface area (Å²) in [6, 6.07) is 13.3. The van der Waals surface area contributed by atoms with Crippen molar-refractivity contribution in [3.8, 4) is 5.69 Å². The lowest BCUT2D eigenvalue weighted by molar-refractivity contribution is -0.134. The van der Waals surface area contributed by atoms with Crippen LogP contribution >= 0.6 is 0 Å². The van der Waals surface area contributed by atoms with Crippen molar-refractivity contribution in [1.29, 1.82) is 0 Å². The van der Waals surface area contributed by atoms with E-state index in [4.69, 9.17) is 0 Å². The van der Waals surface area contributed by atoms with Crippen LogP contribution < -0.4 is 15.8 Å². The Kier molecular flexibility index (Phi) is 6.06. The number of nitrogens with one attached hydrogen (secondary N) is 1. The van der Waals surface area contributed by atoms with Gasteiger partial charge in [0.15, 0.2) is 0 Å². The molecule has 3 aromatic rings. The zero-order chi connectivity index (χ0) is 25.5. The average molecular weight is 487 g/mol. The standard InChI is InChI=1S/C28H34N6O2/c1-27(2)24(28(27,3)4)26(36)33-15-13-32(14-16-33)22-19-31-34(21-10-6-5-7-11-21)25(35)23(22)30-18-20-9-8-12-29-17-20/h5-12,17,19,24,30H,13-16,18H2,1-4H3. The first-order valence-electron chi connectivity index (χ1n) is 12.6. The van der Waals surface area contributed by atoms with Crippen molar-refractivity contribution in [1.82, 2.24) is 19.7 Å². The van der Waals surface area contributed by atoms with Gasteiger partial charge in [-0.2, -0.15) is 9.78 Å². The number of pyridine rings is 1. The molecule has 0 atom stereocenters. The third kappa shape index (κ3) is 4.14. The van der Waals surface area contributed by atoms with Crippen molar-refractivity contribution in [3.05, 3.63) is 77.0 Å². The molecule has 8 nitrogen and oxygen atoms in total. The topological polar surface area (TPSA) is 83.4 Å². The number of carbonyl (C=O) groups is 1. The minimum absolute atomic E-state index is 0.0243. The molecule has 1 aliphatic carbocycles. The Morgan fingerprint density at radius 1 is 0.972 bits per heavy atom. The van der Waals surface area contributed by atoms with Crippen molar-refractivity contribution in [2.45, 2.75) is 34.2 Å². The number of hydrogen-bond acceptors (Lipinski definition) is 6. The van der Waals surface area contributed by atoms with E-state index >= 15 is 0 Å². The summed E-state index contributed by atoms with van der Waals surface area (Å²) in [6.45, 7) is 11.8. The Bertz CT molecular complexity index is 1280. The zero-order valence-electron chi connectivity index (χ0n) is 21.4. The summed E-state index contributed by atoms with van der Waals surface area (Å²) in [4.78, 5) is 35.2. The van der Waals surface area contributed by atoms with Crippen LogP contribution in [-0.4, -0.2) is 51.8 Å². The molecule has 1 N–H and O–H groups in total. The molecule has 1 aliphatic heterocycles. The van der Waals surface area contributed by atoms with E-state index in [9.17, 15) is 9.59 Å². The van der Waals surface area contributed by atoms with Crippen molar-refractivity contribution >= 4 is 17.3 Å². The second-order valence-electron chi connectivity index (χ2n) is 10.9. The molecule has 2 fully saturated rings. The summed E-state index contributed by atoms with van der Waals surface area (Å²) in [5, 5.41) is 7.85. The molecular formula is C28H34N6O2. The number of aromatic nitrogens is 3. The van der Waals surface area contributed by atoms with Gasteiger partial charge in [-0.15, -0.1) is 0 Å². The molecule has 2 aromatic heterocycles. The number of anilines is 2. The fraction of sp³-hybridized carbons (Fsp3) is 0.429. The molecule has 36 heavy (non-hydrogen) atoms. The van der Waals surface area contributed by atoms with Gasteiger partial charge in [-0.25, -0.2) is 0 Å². The van der Waals surface area contributed by atoms with Crippen LogP contribution in [0.25, 0.3) is 5.69 Å². The van der Waals surface area contributed by atoms with Gasteiger partial charge in [0.25, 0.3) is 5.56 Å². The van der Waals surface area contributed by atoms with E-state index in [1.54, 1.807) is 18.6 Å². The lowest BCUT2D eigenvalue weighted by atomic mass is 10.0. The van der Waals surface area contributed by atoms with Crippen LogP contribution in [0.3, 0.4) is 0 Å². The van der Waals surface area contributed by atoms with Crippen molar-refractivity contribution in [2.24, 2.45) is 16.7 Å². The summed E-state index contributed by atoms with van der Waals surface area (Å²) in [6.07, 6.45) is 5.27. The normalized spacial score (nSPS) is 18.7. The SMILES string of the molecule is CC1(C)C(C(=O)N2CCN(c3cnn(-c4ccccc4)c(=O)c3NCc3cccnc3)CC2)C1(C)C. The Morgan fingerprint density at radius 2 is 1.67 bits per heavy atom. The highest BCUT2D eigenvalue weighted by Gasteiger charge is 2.68. The van der Waals surface area contributed by atoms with E-state index in [0.717, 1.165) is 11.3 Å². The first-order chi connectivity index (χ1) is 17.2. The molecule has 1 saturated carbocycles. The molecule has 3 heterocycles. The molecule has 1 saturated heterocycles. The van der Waals surface area contributed by atoms with E-state index in [2.05, 4.69) is 48.0 Å². The number of para-hydroxylation sites is 1. The van der Waals surface area contributed by atoms with Gasteiger partial charge in [0.1, 0.15) is 5.69 Å². The third-order valence-corrected chi connectivity index (χ3v) is 8.35. The molecule has 5 rings (SSSR count). The second kappa shape index (κ2) is 9.08. The van der Waals surface area contributed by atoms with E-state index in [0.29, 0.717) is 44.1 Å². The molecule has 188 valence electrons. The van der Waals surface area contributed by atoms with Crippen LogP contribution in [0, 0.1) is 16.7 Å². The third-order valence-electron chi connectivity index (χ3n) is 8.35. The summed E-state index contributed by atoms with van der Waals surface area (Å²) in [5.41, 5.74) is 2.80. The van der Waals surface area contributed by atoms with E-state index in [-0.39, 0.29) is 28.2 Å². The molecule has 8 heteroatoms. The molecule has 2 aliphatic rings. The number of benzene rings is 1. The number of nitrogens with zero attached hydrogens (tertiary/aromatic N) is 5. The predicted octanol–water partition coefficient (Wildman–Crippen LogP) is 3.57. The highest BCUT2D eigenvalue weighted by Crippen LogP contribution is 2.68. The molecule has 0 unspecified atom stereocenters. The molecule has 0 radical (unpaired) electrons. The maximum atomic E-state index is 13.6. The quantitative estimate of drug-likeness (QED) is 0.574. The number of hydrogen-bond donors (Lipinski definition) is 1. The minimum atomic E-state index is -0.206. The smallest absolute Gasteiger partial charge is 0.296 e. The van der Waals surface area contributed by atoms with Crippen molar-refractivity contribution < 1.29 is 4.79 Å². The Morgan fingerprint density at radius 3 is 2.28 bits per heavy atom. The first-order valence-corrected chi connectivity index (χ1v) is 12.6. The van der Waals surface area contributed by atoms with Crippen LogP contribution in [-0.2, 0) is 11.3 Å². The largest absolute Gasteiger partial charge is 0.375 e. The highest BCUT2D eigenvalue weighted by molar-refractivity contribution is 5.84. The fourth-order valence-electron chi connectivity index (χ4n) is 5.46. The average Bonchev–Trinajstić information content (AvgIpc) is 3.31. The monoisotopic (exact) mass is 486 g/mol. The lowest BCUT2D eigenvalue weighted by Gasteiger charge is -2.37. The molecule has 1 aromatic carbocycles. The van der Waals surface area contributed by atoms with Gasteiger partial charge in [-0.3, -0.25) is 14.6 Å². The zero-order valence-corrected chi connectivity index (χ0v) is 21.4. The van der Waals surface area contributed by atoms with Gasteiger partial charge < -0.3 is 15.1 Å². The van der Waals surface area contributed by atoms with Gasteiger partial charge in [0.05, 0.1) is 17.6 Å². The number of rotatable bonds is 6. The molecule has 1 amide bonds. The molecule has 0 spiro atoms. The van der Waals surface area contributed by atoms with Crippen molar-refractivity contribution in [2.75, 3.05) is 36.4 Å². The van der Waals surface area contributed by atoms with E-state index < -0.39 is 0 Å². The molecule has 0 bridgehead atoms. The Hall–Kier alpha value is -3.68. The Balaban J connectivity index is 1.38. The maximum Gasteiger partial charge on any atom is 0.296 e. The Labute approximate surface area is 212 Å². The van der Waals surface area contributed by atoms with Gasteiger partial charge in [0.2, 0.25) is 5.91 Å². The van der Waals surface area contributed by atoms with Crippen LogP contribution in [0.4, 0.5) is 11.4 Å². The van der Waals surface area contributed by atoms with Crippen molar-refractivity contribution in [3.63, 3.8) is 0 Å². The van der Waals surface area contributed by atoms with Crippen LogP contribution in [0.2, 0.25) is 0 Å².